The van der Waals surface area contributed by atoms with Crippen molar-refractivity contribution in [1.82, 2.24) is 10.6 Å². The van der Waals surface area contributed by atoms with Crippen LogP contribution in [0.5, 0.6) is 0 Å². The summed E-state index contributed by atoms with van der Waals surface area (Å²) >= 11 is 0. The van der Waals surface area contributed by atoms with E-state index in [0.29, 0.717) is 0 Å². The predicted molar refractivity (Wildman–Crippen MR) is 65.3 cm³/mol. The molecule has 110 valence electrons. The van der Waals surface area contributed by atoms with Gasteiger partial charge in [-0.1, -0.05) is 0 Å². The monoisotopic (exact) mass is 276 g/mol. The Bertz CT molecular complexity index is 337. The number of carbonyl (C=O) groups excluding carboxylic acids is 3. The molecule has 0 saturated carbocycles. The molecule has 0 aromatic carbocycles. The lowest BCUT2D eigenvalue weighted by Gasteiger charge is -2.22. The van der Waals surface area contributed by atoms with Crippen molar-refractivity contribution in [1.29, 1.82) is 0 Å². The zero-order valence-corrected chi connectivity index (χ0v) is 11.5. The highest BCUT2D eigenvalue weighted by Gasteiger charge is 2.23. The van der Waals surface area contributed by atoms with Crippen LogP contribution >= 0.6 is 0 Å². The first-order chi connectivity index (χ1) is 8.69. The van der Waals surface area contributed by atoms with Gasteiger partial charge in [0.15, 0.2) is 0 Å². The van der Waals surface area contributed by atoms with Crippen LogP contribution in [0, 0.1) is 0 Å². The van der Waals surface area contributed by atoms with Crippen molar-refractivity contribution >= 4 is 18.0 Å². The molecule has 0 saturated heterocycles. The number of nitrogens with one attached hydrogen (secondary N) is 2. The van der Waals surface area contributed by atoms with E-state index >= 15 is 0 Å². The van der Waals surface area contributed by atoms with E-state index in [9.17, 15) is 14.4 Å². The van der Waals surface area contributed by atoms with Crippen molar-refractivity contribution in [3.63, 3.8) is 0 Å². The summed E-state index contributed by atoms with van der Waals surface area (Å²) in [5.41, 5.74) is -0.716. The normalized spacial score (nSPS) is 12.3. The van der Waals surface area contributed by atoms with E-state index in [1.54, 1.807) is 20.8 Å². The average molecular weight is 276 g/mol. The highest BCUT2D eigenvalue weighted by Crippen LogP contribution is 2.06. The lowest BCUT2D eigenvalue weighted by Crippen LogP contribution is -2.51. The lowest BCUT2D eigenvalue weighted by molar-refractivity contribution is -0.141. The van der Waals surface area contributed by atoms with Crippen molar-refractivity contribution in [2.45, 2.75) is 32.4 Å². The van der Waals surface area contributed by atoms with Gasteiger partial charge in [0.25, 0.3) is 0 Å². The minimum absolute atomic E-state index is 0.345. The van der Waals surface area contributed by atoms with Crippen LogP contribution in [0.3, 0.4) is 0 Å². The van der Waals surface area contributed by atoms with E-state index in [2.05, 4.69) is 15.4 Å². The van der Waals surface area contributed by atoms with Gasteiger partial charge < -0.3 is 25.2 Å². The van der Waals surface area contributed by atoms with E-state index < -0.39 is 36.2 Å². The maximum atomic E-state index is 11.5. The van der Waals surface area contributed by atoms with Crippen LogP contribution in [0.1, 0.15) is 20.8 Å². The summed E-state index contributed by atoms with van der Waals surface area (Å²) < 4.78 is 9.27. The zero-order chi connectivity index (χ0) is 15.1. The van der Waals surface area contributed by atoms with Crippen LogP contribution < -0.4 is 10.6 Å². The van der Waals surface area contributed by atoms with Crippen LogP contribution in [0.15, 0.2) is 0 Å². The van der Waals surface area contributed by atoms with E-state index in [1.807, 2.05) is 0 Å². The molecule has 19 heavy (non-hydrogen) atoms. The molecule has 0 bridgehead atoms. The zero-order valence-electron chi connectivity index (χ0n) is 11.5. The van der Waals surface area contributed by atoms with E-state index in [0.717, 1.165) is 0 Å². The van der Waals surface area contributed by atoms with Gasteiger partial charge in [-0.3, -0.25) is 9.59 Å². The lowest BCUT2D eigenvalue weighted by atomic mass is 10.2. The number of hydrogen-bond donors (Lipinski definition) is 3. The molecule has 0 heterocycles. The molecule has 0 aromatic rings. The second kappa shape index (κ2) is 7.57. The minimum Gasteiger partial charge on any atom is -0.468 e. The topological polar surface area (TPSA) is 114 Å². The van der Waals surface area contributed by atoms with Gasteiger partial charge in [-0.25, -0.2) is 4.79 Å². The molecular formula is C11H20N2O6. The predicted octanol–water partition coefficient (Wildman–Crippen LogP) is -0.839. The molecule has 0 unspecified atom stereocenters. The Kier molecular flexibility index (Phi) is 6.84. The first kappa shape index (κ1) is 17.2. The molecule has 8 nitrogen and oxygen atoms in total. The number of amides is 2. The van der Waals surface area contributed by atoms with Crippen molar-refractivity contribution < 1.29 is 29.0 Å². The quantitative estimate of drug-likeness (QED) is 0.564. The van der Waals surface area contributed by atoms with E-state index in [-0.39, 0.29) is 6.54 Å². The van der Waals surface area contributed by atoms with Crippen LogP contribution in [0.25, 0.3) is 0 Å². The molecule has 0 aliphatic rings. The summed E-state index contributed by atoms with van der Waals surface area (Å²) in [5, 5.41) is 13.4. The molecule has 0 fully saturated rings. The SMILES string of the molecule is COC(=O)CNC(=O)[C@H](CO)NC(=O)OC(C)(C)C. The van der Waals surface area contributed by atoms with Gasteiger partial charge in [0.1, 0.15) is 18.2 Å². The van der Waals surface area contributed by atoms with Gasteiger partial charge in [0.05, 0.1) is 13.7 Å². The summed E-state index contributed by atoms with van der Waals surface area (Å²) in [6, 6.07) is -1.19. The third-order valence-electron chi connectivity index (χ3n) is 1.82. The molecule has 0 aliphatic carbocycles. The van der Waals surface area contributed by atoms with Gasteiger partial charge in [-0.05, 0) is 20.8 Å². The van der Waals surface area contributed by atoms with Crippen molar-refractivity contribution in [2.75, 3.05) is 20.3 Å². The first-order valence-corrected chi connectivity index (χ1v) is 5.64. The largest absolute Gasteiger partial charge is 0.468 e. The molecular weight excluding hydrogens is 256 g/mol. The number of esters is 1. The molecule has 0 aromatic heterocycles. The highest BCUT2D eigenvalue weighted by molar-refractivity contribution is 5.88. The Morgan fingerprint density at radius 3 is 2.26 bits per heavy atom. The summed E-state index contributed by atoms with van der Waals surface area (Å²) in [5.74, 6) is -1.35. The van der Waals surface area contributed by atoms with Gasteiger partial charge in [0, 0.05) is 0 Å². The number of hydrogen-bond acceptors (Lipinski definition) is 6. The molecule has 0 spiro atoms. The van der Waals surface area contributed by atoms with Crippen molar-refractivity contribution in [2.24, 2.45) is 0 Å². The summed E-state index contributed by atoms with van der Waals surface area (Å²) in [6.07, 6.45) is -0.834. The first-order valence-electron chi connectivity index (χ1n) is 5.64. The summed E-state index contributed by atoms with van der Waals surface area (Å²) in [4.78, 5) is 33.8. The Morgan fingerprint density at radius 2 is 1.84 bits per heavy atom. The number of ether oxygens (including phenoxy) is 2. The molecule has 2 amide bonds. The molecule has 0 radical (unpaired) electrons. The fraction of sp³-hybridized carbons (Fsp3) is 0.727. The van der Waals surface area contributed by atoms with Crippen LogP contribution in [-0.4, -0.2) is 55.0 Å². The van der Waals surface area contributed by atoms with Crippen molar-refractivity contribution in [3.05, 3.63) is 0 Å². The number of alkyl carbamates (subject to hydrolysis) is 1. The van der Waals surface area contributed by atoms with Crippen LogP contribution in [0.2, 0.25) is 0 Å². The molecule has 8 heteroatoms. The summed E-state index contributed by atoms with van der Waals surface area (Å²) in [7, 11) is 1.18. The van der Waals surface area contributed by atoms with Crippen LogP contribution in [0.4, 0.5) is 4.79 Å². The Hall–Kier alpha value is -1.83. The Morgan fingerprint density at radius 1 is 1.26 bits per heavy atom. The van der Waals surface area contributed by atoms with Gasteiger partial charge in [0.2, 0.25) is 5.91 Å². The van der Waals surface area contributed by atoms with E-state index in [4.69, 9.17) is 9.84 Å². The Balaban J connectivity index is 4.30. The number of aliphatic hydroxyl groups is 1. The Labute approximate surface area is 111 Å². The van der Waals surface area contributed by atoms with Crippen LogP contribution in [-0.2, 0) is 19.1 Å². The number of carbonyl (C=O) groups is 3. The molecule has 0 rings (SSSR count). The number of rotatable bonds is 5. The minimum atomic E-state index is -1.19. The number of methoxy groups -OCH3 is 1. The second-order valence-corrected chi connectivity index (χ2v) is 4.68. The fourth-order valence-electron chi connectivity index (χ4n) is 0.999. The van der Waals surface area contributed by atoms with Gasteiger partial charge in [-0.2, -0.15) is 0 Å². The van der Waals surface area contributed by atoms with Gasteiger partial charge in [-0.15, -0.1) is 0 Å². The van der Waals surface area contributed by atoms with Crippen molar-refractivity contribution in [3.8, 4) is 0 Å². The average Bonchev–Trinajstić information content (AvgIpc) is 2.30. The maximum absolute atomic E-state index is 11.5. The van der Waals surface area contributed by atoms with E-state index in [1.165, 1.54) is 7.11 Å². The second-order valence-electron chi connectivity index (χ2n) is 4.68. The highest BCUT2D eigenvalue weighted by atomic mass is 16.6. The fourth-order valence-corrected chi connectivity index (χ4v) is 0.999. The molecule has 3 N–H and O–H groups in total. The smallest absolute Gasteiger partial charge is 0.408 e. The third kappa shape index (κ3) is 7.98. The summed E-state index contributed by atoms with van der Waals surface area (Å²) in [6.45, 7) is 4.03. The molecule has 0 aliphatic heterocycles. The third-order valence-corrected chi connectivity index (χ3v) is 1.82. The standard InChI is InChI=1S/C11H20N2O6/c1-11(2,3)19-10(17)13-7(6-14)9(16)12-5-8(15)18-4/h7,14H,5-6H2,1-4H3,(H,12,16)(H,13,17)/t7-/m0/s1. The number of aliphatic hydroxyl groups excluding tert-OH is 1. The maximum Gasteiger partial charge on any atom is 0.408 e. The van der Waals surface area contributed by atoms with Gasteiger partial charge >= 0.3 is 12.1 Å². The molecule has 1 atom stereocenters.